The first-order valence-corrected chi connectivity index (χ1v) is 3.20. The summed E-state index contributed by atoms with van der Waals surface area (Å²) < 4.78 is 16.1. The smallest absolute Gasteiger partial charge is 0.106 e. The number of hydrogen-bond donors (Lipinski definition) is 0. The minimum Gasteiger partial charge on any atom is -0.314 e. The maximum atomic E-state index is 11.2. The molecule has 0 aromatic carbocycles. The predicted molar refractivity (Wildman–Crippen MR) is 30.8 cm³/mol. The van der Waals surface area contributed by atoms with Gasteiger partial charge in [0.1, 0.15) is 6.17 Å². The Hall–Kier alpha value is -0.200. The molecule has 0 amide bonds. The minimum atomic E-state index is 0.116. The lowest BCUT2D eigenvalue weighted by molar-refractivity contribution is 0.374. The molecule has 1 fully saturated rings. The normalized spacial score (nSPS) is 26.9. The highest BCUT2D eigenvalue weighted by atomic mass is 32.2. The Morgan fingerprint density at radius 2 is 2.62 bits per heavy atom. The fraction of sp³-hybridized carbons (Fsp3) is 0.600. The van der Waals surface area contributed by atoms with Crippen molar-refractivity contribution >= 4 is 12.0 Å². The molecule has 0 aromatic rings. The highest BCUT2D eigenvalue weighted by Crippen LogP contribution is 2.18. The first-order chi connectivity index (χ1) is 3.93. The van der Waals surface area contributed by atoms with Crippen molar-refractivity contribution in [3.63, 3.8) is 0 Å². The highest BCUT2D eigenvalue weighted by Gasteiger charge is 2.13. The van der Waals surface area contributed by atoms with E-state index in [-0.39, 0.29) is 5.92 Å². The zero-order chi connectivity index (χ0) is 5.82. The van der Waals surface area contributed by atoms with E-state index in [0.29, 0.717) is 6.61 Å². The van der Waals surface area contributed by atoms with Crippen LogP contribution in [-0.4, -0.2) is 12.4 Å². The van der Waals surface area contributed by atoms with E-state index >= 15 is 0 Å². The minimum absolute atomic E-state index is 0.116. The summed E-state index contributed by atoms with van der Waals surface area (Å²) in [6.45, 7) is 0.571. The molecule has 1 aliphatic heterocycles. The standard InChI is InChI=1S/C5H5FOS/c6-2-1-5-3-7-8-4-5/h5H,3-4H2. The van der Waals surface area contributed by atoms with Crippen molar-refractivity contribution in [2.45, 2.75) is 0 Å². The molecule has 0 spiro atoms. The van der Waals surface area contributed by atoms with Crippen LogP contribution in [0.25, 0.3) is 0 Å². The zero-order valence-electron chi connectivity index (χ0n) is 4.19. The van der Waals surface area contributed by atoms with Crippen LogP contribution in [0.1, 0.15) is 0 Å². The summed E-state index contributed by atoms with van der Waals surface area (Å²) in [5, 5.41) is 0. The van der Waals surface area contributed by atoms with Crippen molar-refractivity contribution in [3.05, 3.63) is 0 Å². The molecule has 0 N–H and O–H groups in total. The summed E-state index contributed by atoms with van der Waals surface area (Å²) in [5.74, 6) is 3.30. The lowest BCUT2D eigenvalue weighted by atomic mass is 10.2. The Bertz CT molecular complexity index is 120. The molecule has 1 nitrogen and oxygen atoms in total. The first-order valence-electron chi connectivity index (χ1n) is 2.29. The third-order valence-electron chi connectivity index (χ3n) is 0.880. The first kappa shape index (κ1) is 5.93. The molecular weight excluding hydrogens is 127 g/mol. The van der Waals surface area contributed by atoms with E-state index in [9.17, 15) is 4.39 Å². The number of halogens is 1. The van der Waals surface area contributed by atoms with Gasteiger partial charge in [0.15, 0.2) is 0 Å². The highest BCUT2D eigenvalue weighted by molar-refractivity contribution is 7.94. The van der Waals surface area contributed by atoms with Crippen LogP contribution in [0.4, 0.5) is 4.39 Å². The summed E-state index contributed by atoms with van der Waals surface area (Å²) in [7, 11) is 0. The Morgan fingerprint density at radius 1 is 1.75 bits per heavy atom. The SMILES string of the molecule is FC#CC1COSC1. The number of rotatable bonds is 0. The van der Waals surface area contributed by atoms with Crippen LogP contribution in [0.2, 0.25) is 0 Å². The Labute approximate surface area is 51.8 Å². The fourth-order valence-corrected chi connectivity index (χ4v) is 1.17. The van der Waals surface area contributed by atoms with E-state index in [2.05, 4.69) is 5.92 Å². The molecular formula is C5H5FOS. The molecule has 1 aliphatic rings. The van der Waals surface area contributed by atoms with Crippen LogP contribution < -0.4 is 0 Å². The quantitative estimate of drug-likeness (QED) is 0.362. The van der Waals surface area contributed by atoms with Crippen LogP contribution in [0, 0.1) is 18.0 Å². The van der Waals surface area contributed by atoms with Crippen LogP contribution in [0.5, 0.6) is 0 Å². The molecule has 8 heavy (non-hydrogen) atoms. The summed E-state index contributed by atoms with van der Waals surface area (Å²) in [4.78, 5) is 0. The van der Waals surface area contributed by atoms with Crippen molar-refractivity contribution in [1.29, 1.82) is 0 Å². The molecule has 0 aliphatic carbocycles. The largest absolute Gasteiger partial charge is 0.314 e. The molecule has 0 saturated carbocycles. The molecule has 1 atom stereocenters. The molecule has 1 heterocycles. The molecule has 1 unspecified atom stereocenters. The van der Waals surface area contributed by atoms with E-state index in [1.165, 1.54) is 18.2 Å². The van der Waals surface area contributed by atoms with Gasteiger partial charge in [0.25, 0.3) is 0 Å². The van der Waals surface area contributed by atoms with Gasteiger partial charge in [-0.2, -0.15) is 0 Å². The van der Waals surface area contributed by atoms with Crippen LogP contribution in [-0.2, 0) is 4.18 Å². The topological polar surface area (TPSA) is 9.23 Å². The second-order valence-electron chi connectivity index (χ2n) is 1.50. The molecule has 3 heteroatoms. The summed E-state index contributed by atoms with van der Waals surface area (Å²) in [6.07, 6.45) is 1.37. The van der Waals surface area contributed by atoms with Crippen LogP contribution in [0.3, 0.4) is 0 Å². The predicted octanol–water partition coefficient (Wildman–Crippen LogP) is 1.21. The molecule has 44 valence electrons. The van der Waals surface area contributed by atoms with Crippen molar-refractivity contribution in [3.8, 4) is 12.1 Å². The number of hydrogen-bond acceptors (Lipinski definition) is 2. The molecule has 0 radical (unpaired) electrons. The third-order valence-corrected chi connectivity index (χ3v) is 1.72. The summed E-state index contributed by atoms with van der Waals surface area (Å²) in [5.41, 5.74) is 0. The average molecular weight is 132 g/mol. The second kappa shape index (κ2) is 2.95. The van der Waals surface area contributed by atoms with Gasteiger partial charge in [-0.25, -0.2) is 0 Å². The average Bonchev–Trinajstić information content (AvgIpc) is 2.19. The maximum absolute atomic E-state index is 11.2. The van der Waals surface area contributed by atoms with Gasteiger partial charge in [0.2, 0.25) is 0 Å². The van der Waals surface area contributed by atoms with Gasteiger partial charge in [-0.1, -0.05) is 5.92 Å². The second-order valence-corrected chi connectivity index (χ2v) is 2.31. The monoisotopic (exact) mass is 132 g/mol. The lowest BCUT2D eigenvalue weighted by Crippen LogP contribution is -1.96. The van der Waals surface area contributed by atoms with E-state index in [0.717, 1.165) is 5.75 Å². The van der Waals surface area contributed by atoms with Crippen molar-refractivity contribution < 1.29 is 8.57 Å². The van der Waals surface area contributed by atoms with Crippen LogP contribution in [0.15, 0.2) is 0 Å². The molecule has 0 bridgehead atoms. The van der Waals surface area contributed by atoms with Gasteiger partial charge >= 0.3 is 0 Å². The maximum Gasteiger partial charge on any atom is 0.106 e. The molecule has 1 saturated heterocycles. The van der Waals surface area contributed by atoms with Crippen LogP contribution >= 0.6 is 12.0 Å². The van der Waals surface area contributed by atoms with E-state index in [1.54, 1.807) is 0 Å². The van der Waals surface area contributed by atoms with Gasteiger partial charge in [-0.05, 0) is 12.0 Å². The van der Waals surface area contributed by atoms with E-state index in [4.69, 9.17) is 4.18 Å². The van der Waals surface area contributed by atoms with Gasteiger partial charge in [-0.15, -0.1) is 4.39 Å². The Kier molecular flexibility index (Phi) is 2.19. The lowest BCUT2D eigenvalue weighted by Gasteiger charge is -1.87. The van der Waals surface area contributed by atoms with Crippen molar-refractivity contribution in [2.24, 2.45) is 5.92 Å². The Morgan fingerprint density at radius 3 is 3.12 bits per heavy atom. The molecule has 0 aromatic heterocycles. The third kappa shape index (κ3) is 1.39. The van der Waals surface area contributed by atoms with Gasteiger partial charge < -0.3 is 4.18 Å². The van der Waals surface area contributed by atoms with E-state index < -0.39 is 0 Å². The van der Waals surface area contributed by atoms with Gasteiger partial charge in [0, 0.05) is 5.75 Å². The summed E-state index contributed by atoms with van der Waals surface area (Å²) >= 11 is 1.35. The van der Waals surface area contributed by atoms with Crippen molar-refractivity contribution in [1.82, 2.24) is 0 Å². The Balaban J connectivity index is 2.32. The molecule has 1 rings (SSSR count). The zero-order valence-corrected chi connectivity index (χ0v) is 5.00. The van der Waals surface area contributed by atoms with Gasteiger partial charge in [0.05, 0.1) is 12.5 Å². The van der Waals surface area contributed by atoms with Crippen molar-refractivity contribution in [2.75, 3.05) is 12.4 Å². The van der Waals surface area contributed by atoms with E-state index in [1.807, 2.05) is 0 Å². The fourth-order valence-electron chi connectivity index (χ4n) is 0.469. The van der Waals surface area contributed by atoms with Gasteiger partial charge in [-0.3, -0.25) is 0 Å². The summed E-state index contributed by atoms with van der Waals surface area (Å²) in [6, 6.07) is 0.